The molecule has 114 valence electrons. The first kappa shape index (κ1) is 16.5. The molecule has 0 heterocycles. The van der Waals surface area contributed by atoms with Crippen LogP contribution in [-0.2, 0) is 9.59 Å². The van der Waals surface area contributed by atoms with Crippen LogP contribution in [0.2, 0.25) is 0 Å². The van der Waals surface area contributed by atoms with Gasteiger partial charge < -0.3 is 20.8 Å². The first-order valence-corrected chi connectivity index (χ1v) is 6.36. The van der Waals surface area contributed by atoms with Crippen LogP contribution in [0.15, 0.2) is 18.2 Å². The zero-order valence-corrected chi connectivity index (χ0v) is 12.0. The maximum absolute atomic E-state index is 12.2. The van der Waals surface area contributed by atoms with Gasteiger partial charge in [0.05, 0.1) is 11.3 Å². The number of aromatic carboxylic acids is 1. The Morgan fingerprint density at radius 3 is 2.29 bits per heavy atom. The molecule has 21 heavy (non-hydrogen) atoms. The number of hydrogen-bond donors (Lipinski definition) is 4. The summed E-state index contributed by atoms with van der Waals surface area (Å²) in [4.78, 5) is 34.4. The fourth-order valence-electron chi connectivity index (χ4n) is 1.78. The average Bonchev–Trinajstić information content (AvgIpc) is 2.37. The highest BCUT2D eigenvalue weighted by molar-refractivity contribution is 6.03. The lowest BCUT2D eigenvalue weighted by Crippen LogP contribution is -2.46. The molecule has 4 N–H and O–H groups in total. The predicted molar refractivity (Wildman–Crippen MR) is 76.1 cm³/mol. The number of hydrogen-bond acceptors (Lipinski definition) is 4. The van der Waals surface area contributed by atoms with Crippen LogP contribution in [0.3, 0.4) is 0 Å². The highest BCUT2D eigenvalue weighted by Gasteiger charge is 2.24. The minimum Gasteiger partial charge on any atom is -0.508 e. The van der Waals surface area contributed by atoms with E-state index < -0.39 is 17.9 Å². The number of phenols is 1. The molecule has 2 amide bonds. The van der Waals surface area contributed by atoms with Crippen molar-refractivity contribution >= 4 is 23.5 Å². The normalized spacial score (nSPS) is 11.8. The van der Waals surface area contributed by atoms with E-state index in [9.17, 15) is 19.5 Å². The molecule has 0 aromatic heterocycles. The molecule has 1 atom stereocenters. The topological polar surface area (TPSA) is 116 Å². The Hall–Kier alpha value is -2.57. The van der Waals surface area contributed by atoms with Crippen LogP contribution in [0.4, 0.5) is 5.69 Å². The second-order valence-electron chi connectivity index (χ2n) is 4.95. The lowest BCUT2D eigenvalue weighted by Gasteiger charge is -2.21. The Morgan fingerprint density at radius 1 is 1.19 bits per heavy atom. The average molecular weight is 294 g/mol. The number of carbonyl (C=O) groups excluding carboxylic acids is 2. The number of carboxylic acids is 1. The third-order valence-electron chi connectivity index (χ3n) is 2.80. The maximum Gasteiger partial charge on any atom is 0.337 e. The van der Waals surface area contributed by atoms with E-state index in [1.54, 1.807) is 13.8 Å². The molecule has 1 aromatic rings. The van der Waals surface area contributed by atoms with Gasteiger partial charge in [-0.3, -0.25) is 9.59 Å². The van der Waals surface area contributed by atoms with Crippen molar-refractivity contribution in [2.45, 2.75) is 26.8 Å². The van der Waals surface area contributed by atoms with Crippen LogP contribution in [0.5, 0.6) is 5.75 Å². The number of carboxylic acid groups (broad SMARTS) is 1. The summed E-state index contributed by atoms with van der Waals surface area (Å²) in [6.45, 7) is 4.82. The first-order valence-electron chi connectivity index (χ1n) is 6.36. The van der Waals surface area contributed by atoms with Crippen LogP contribution >= 0.6 is 0 Å². The fourth-order valence-corrected chi connectivity index (χ4v) is 1.78. The van der Waals surface area contributed by atoms with Gasteiger partial charge in [-0.25, -0.2) is 4.79 Å². The molecule has 0 fully saturated rings. The summed E-state index contributed by atoms with van der Waals surface area (Å²) in [5.41, 5.74) is -0.171. The number of anilines is 1. The van der Waals surface area contributed by atoms with E-state index in [0.717, 1.165) is 6.07 Å². The van der Waals surface area contributed by atoms with Crippen molar-refractivity contribution in [1.82, 2.24) is 5.32 Å². The zero-order chi connectivity index (χ0) is 16.2. The van der Waals surface area contributed by atoms with Crippen LogP contribution in [0.1, 0.15) is 31.1 Å². The van der Waals surface area contributed by atoms with Gasteiger partial charge in [-0.2, -0.15) is 0 Å². The Balaban J connectivity index is 3.01. The van der Waals surface area contributed by atoms with E-state index in [1.165, 1.54) is 19.1 Å². The Kier molecular flexibility index (Phi) is 5.29. The standard InChI is InChI=1S/C14H18N2O5/c1-7(2)12(15-8(3)17)13(19)16-11-5-4-9(18)6-10(11)14(20)21/h4-7,12,18H,1-3H3,(H,15,17)(H,16,19)(H,20,21). The molecule has 0 saturated carbocycles. The van der Waals surface area contributed by atoms with Crippen molar-refractivity contribution in [3.63, 3.8) is 0 Å². The molecule has 0 radical (unpaired) electrons. The molecule has 0 bridgehead atoms. The first-order chi connectivity index (χ1) is 9.72. The molecule has 1 unspecified atom stereocenters. The summed E-state index contributed by atoms with van der Waals surface area (Å²) in [7, 11) is 0. The number of rotatable bonds is 5. The minimum atomic E-state index is -1.28. The van der Waals surface area contributed by atoms with Gasteiger partial charge in [-0.15, -0.1) is 0 Å². The van der Waals surface area contributed by atoms with Gasteiger partial charge in [0.25, 0.3) is 0 Å². The zero-order valence-electron chi connectivity index (χ0n) is 12.0. The van der Waals surface area contributed by atoms with E-state index in [0.29, 0.717) is 0 Å². The summed E-state index contributed by atoms with van der Waals surface area (Å²) in [6, 6.07) is 2.82. The highest BCUT2D eigenvalue weighted by Crippen LogP contribution is 2.22. The monoisotopic (exact) mass is 294 g/mol. The summed E-state index contributed by atoms with van der Waals surface area (Å²) in [6.07, 6.45) is 0. The third kappa shape index (κ3) is 4.48. The second-order valence-corrected chi connectivity index (χ2v) is 4.95. The lowest BCUT2D eigenvalue weighted by atomic mass is 10.0. The fraction of sp³-hybridized carbons (Fsp3) is 0.357. The van der Waals surface area contributed by atoms with Crippen LogP contribution in [0.25, 0.3) is 0 Å². The number of nitrogens with one attached hydrogen (secondary N) is 2. The molecular formula is C14H18N2O5. The summed E-state index contributed by atoms with van der Waals surface area (Å²) in [5, 5.41) is 23.3. The van der Waals surface area contributed by atoms with E-state index >= 15 is 0 Å². The van der Waals surface area contributed by atoms with Crippen molar-refractivity contribution < 1.29 is 24.6 Å². The van der Waals surface area contributed by atoms with Crippen molar-refractivity contribution in [1.29, 1.82) is 0 Å². The van der Waals surface area contributed by atoms with Crippen molar-refractivity contribution in [3.05, 3.63) is 23.8 Å². The van der Waals surface area contributed by atoms with Crippen molar-refractivity contribution in [3.8, 4) is 5.75 Å². The van der Waals surface area contributed by atoms with Gasteiger partial charge in [0.2, 0.25) is 11.8 Å². The quantitative estimate of drug-likeness (QED) is 0.609. The summed E-state index contributed by atoms with van der Waals surface area (Å²) >= 11 is 0. The van der Waals surface area contributed by atoms with E-state index in [1.807, 2.05) is 0 Å². The lowest BCUT2D eigenvalue weighted by molar-refractivity contribution is -0.126. The number of phenolic OH excluding ortho intramolecular Hbond substituents is 1. The molecule has 0 saturated heterocycles. The van der Waals surface area contributed by atoms with Gasteiger partial charge in [0.1, 0.15) is 11.8 Å². The van der Waals surface area contributed by atoms with E-state index in [-0.39, 0.29) is 28.8 Å². The third-order valence-corrected chi connectivity index (χ3v) is 2.80. The number of carbonyl (C=O) groups is 3. The largest absolute Gasteiger partial charge is 0.508 e. The van der Waals surface area contributed by atoms with Gasteiger partial charge in [-0.1, -0.05) is 13.8 Å². The molecule has 7 heteroatoms. The molecule has 0 aliphatic carbocycles. The highest BCUT2D eigenvalue weighted by atomic mass is 16.4. The maximum atomic E-state index is 12.2. The van der Waals surface area contributed by atoms with E-state index in [4.69, 9.17) is 5.11 Å². The van der Waals surface area contributed by atoms with Crippen molar-refractivity contribution in [2.75, 3.05) is 5.32 Å². The minimum absolute atomic E-state index is 0.0568. The Bertz CT molecular complexity index is 568. The number of aromatic hydroxyl groups is 1. The van der Waals surface area contributed by atoms with Gasteiger partial charge in [0, 0.05) is 6.92 Å². The van der Waals surface area contributed by atoms with Crippen LogP contribution < -0.4 is 10.6 Å². The molecule has 0 aliphatic heterocycles. The summed E-state index contributed by atoms with van der Waals surface area (Å²) in [5.74, 6) is -2.53. The Morgan fingerprint density at radius 2 is 1.81 bits per heavy atom. The smallest absolute Gasteiger partial charge is 0.337 e. The molecular weight excluding hydrogens is 276 g/mol. The predicted octanol–water partition coefficient (Wildman–Crippen LogP) is 1.19. The van der Waals surface area contributed by atoms with Crippen molar-refractivity contribution in [2.24, 2.45) is 5.92 Å². The number of benzene rings is 1. The van der Waals surface area contributed by atoms with E-state index in [2.05, 4.69) is 10.6 Å². The second kappa shape index (κ2) is 6.74. The number of amides is 2. The molecule has 1 aromatic carbocycles. The Labute approximate surface area is 122 Å². The molecule has 0 spiro atoms. The van der Waals surface area contributed by atoms with Gasteiger partial charge in [0.15, 0.2) is 0 Å². The molecule has 0 aliphatic rings. The van der Waals surface area contributed by atoms with Crippen LogP contribution in [-0.4, -0.2) is 34.0 Å². The summed E-state index contributed by atoms with van der Waals surface area (Å²) < 4.78 is 0. The molecule has 7 nitrogen and oxygen atoms in total. The van der Waals surface area contributed by atoms with Gasteiger partial charge >= 0.3 is 5.97 Å². The van der Waals surface area contributed by atoms with Crippen LogP contribution in [0, 0.1) is 5.92 Å². The van der Waals surface area contributed by atoms with Gasteiger partial charge in [-0.05, 0) is 24.1 Å². The molecule has 1 rings (SSSR count). The SMILES string of the molecule is CC(=O)NC(C(=O)Nc1ccc(O)cc1C(=O)O)C(C)C.